The second-order valence-corrected chi connectivity index (χ2v) is 3.55. The minimum Gasteiger partial charge on any atom is -0.486 e. The molecule has 1 aromatic heterocycles. The second-order valence-electron chi connectivity index (χ2n) is 3.55. The third-order valence-corrected chi connectivity index (χ3v) is 2.23. The van der Waals surface area contributed by atoms with Gasteiger partial charge in [0.2, 0.25) is 0 Å². The number of anilines is 1. The van der Waals surface area contributed by atoms with Gasteiger partial charge in [0.05, 0.1) is 11.9 Å². The molecule has 0 saturated carbocycles. The summed E-state index contributed by atoms with van der Waals surface area (Å²) >= 11 is 0. The number of benzene rings is 1. The van der Waals surface area contributed by atoms with E-state index in [0.717, 1.165) is 0 Å². The van der Waals surface area contributed by atoms with Crippen molar-refractivity contribution in [3.8, 4) is 5.75 Å². The molecule has 0 aliphatic carbocycles. The number of nitrogen functional groups attached to an aromatic ring is 1. The van der Waals surface area contributed by atoms with Gasteiger partial charge in [-0.15, -0.1) is 0 Å². The van der Waals surface area contributed by atoms with Gasteiger partial charge < -0.3 is 15.6 Å². The van der Waals surface area contributed by atoms with E-state index in [-0.39, 0.29) is 17.9 Å². The van der Waals surface area contributed by atoms with Crippen LogP contribution in [-0.2, 0) is 6.61 Å². The molecular formula is C12H11N3O3. The van der Waals surface area contributed by atoms with Crippen LogP contribution < -0.4 is 10.5 Å². The van der Waals surface area contributed by atoms with Crippen molar-refractivity contribution in [3.05, 3.63) is 48.0 Å². The first-order valence-corrected chi connectivity index (χ1v) is 5.17. The zero-order valence-corrected chi connectivity index (χ0v) is 9.41. The summed E-state index contributed by atoms with van der Waals surface area (Å²) in [6.45, 7) is 0.151. The summed E-state index contributed by atoms with van der Waals surface area (Å²) in [6, 6.07) is 4.46. The van der Waals surface area contributed by atoms with Crippen LogP contribution in [0.4, 0.5) is 5.69 Å². The largest absolute Gasteiger partial charge is 0.486 e. The van der Waals surface area contributed by atoms with E-state index in [0.29, 0.717) is 11.4 Å². The molecule has 0 unspecified atom stereocenters. The summed E-state index contributed by atoms with van der Waals surface area (Å²) in [6.07, 6.45) is 4.65. The molecule has 2 rings (SSSR count). The van der Waals surface area contributed by atoms with Crippen molar-refractivity contribution in [2.45, 2.75) is 6.61 Å². The first-order valence-electron chi connectivity index (χ1n) is 5.17. The van der Waals surface area contributed by atoms with E-state index in [2.05, 4.69) is 9.97 Å². The molecule has 0 spiro atoms. The van der Waals surface area contributed by atoms with Gasteiger partial charge in [-0.1, -0.05) is 0 Å². The summed E-state index contributed by atoms with van der Waals surface area (Å²) in [4.78, 5) is 18.9. The lowest BCUT2D eigenvalue weighted by molar-refractivity contribution is 0.0691. The van der Waals surface area contributed by atoms with Crippen LogP contribution in [0.25, 0.3) is 0 Å². The quantitative estimate of drug-likeness (QED) is 0.788. The molecule has 18 heavy (non-hydrogen) atoms. The number of aromatic carboxylic acids is 1. The number of hydrogen-bond acceptors (Lipinski definition) is 5. The van der Waals surface area contributed by atoms with Crippen LogP contribution in [0.15, 0.2) is 36.8 Å². The van der Waals surface area contributed by atoms with Crippen molar-refractivity contribution in [2.24, 2.45) is 0 Å². The number of carbonyl (C=O) groups is 1. The van der Waals surface area contributed by atoms with Gasteiger partial charge in [-0.3, -0.25) is 9.97 Å². The molecule has 1 aromatic carbocycles. The van der Waals surface area contributed by atoms with E-state index in [4.69, 9.17) is 15.6 Å². The zero-order valence-electron chi connectivity index (χ0n) is 9.41. The van der Waals surface area contributed by atoms with Gasteiger partial charge in [0.15, 0.2) is 0 Å². The Morgan fingerprint density at radius 2 is 2.22 bits per heavy atom. The molecule has 92 valence electrons. The van der Waals surface area contributed by atoms with E-state index in [1.54, 1.807) is 24.7 Å². The van der Waals surface area contributed by atoms with Crippen molar-refractivity contribution < 1.29 is 14.6 Å². The maximum atomic E-state index is 11.0. The Morgan fingerprint density at radius 3 is 2.89 bits per heavy atom. The molecule has 0 aliphatic heterocycles. The molecule has 6 nitrogen and oxygen atoms in total. The lowest BCUT2D eigenvalue weighted by Crippen LogP contribution is -2.05. The maximum absolute atomic E-state index is 11.0. The summed E-state index contributed by atoms with van der Waals surface area (Å²) in [5.41, 5.74) is 6.55. The Balaban J connectivity index is 2.17. The molecule has 3 N–H and O–H groups in total. The van der Waals surface area contributed by atoms with Gasteiger partial charge in [0.1, 0.15) is 17.9 Å². The Kier molecular flexibility index (Phi) is 3.38. The number of ether oxygens (including phenoxy) is 1. The molecule has 0 fully saturated rings. The number of carboxylic acid groups (broad SMARTS) is 1. The van der Waals surface area contributed by atoms with Crippen molar-refractivity contribution in [1.82, 2.24) is 9.97 Å². The number of nitrogens with zero attached hydrogens (tertiary/aromatic N) is 2. The number of carboxylic acids is 1. The fraction of sp³-hybridized carbons (Fsp3) is 0.0833. The highest BCUT2D eigenvalue weighted by atomic mass is 16.5. The molecule has 0 bridgehead atoms. The smallest absolute Gasteiger partial charge is 0.339 e. The molecule has 2 aromatic rings. The fourth-order valence-electron chi connectivity index (χ4n) is 1.40. The number of nitrogens with two attached hydrogens (primary N) is 1. The van der Waals surface area contributed by atoms with Gasteiger partial charge in [-0.05, 0) is 18.2 Å². The summed E-state index contributed by atoms with van der Waals surface area (Å²) in [7, 11) is 0. The van der Waals surface area contributed by atoms with Crippen LogP contribution in [0.2, 0.25) is 0 Å². The minimum atomic E-state index is -1.09. The average Bonchev–Trinajstić information content (AvgIpc) is 2.38. The third kappa shape index (κ3) is 2.73. The molecule has 0 aliphatic rings. The van der Waals surface area contributed by atoms with Gasteiger partial charge in [0.25, 0.3) is 0 Å². The zero-order chi connectivity index (χ0) is 13.0. The predicted molar refractivity (Wildman–Crippen MR) is 64.2 cm³/mol. The maximum Gasteiger partial charge on any atom is 0.339 e. The van der Waals surface area contributed by atoms with Crippen molar-refractivity contribution >= 4 is 11.7 Å². The second kappa shape index (κ2) is 5.13. The minimum absolute atomic E-state index is 0.0268. The first kappa shape index (κ1) is 11.8. The van der Waals surface area contributed by atoms with E-state index >= 15 is 0 Å². The average molecular weight is 245 g/mol. The molecule has 0 atom stereocenters. The highest BCUT2D eigenvalue weighted by Gasteiger charge is 2.11. The molecule has 1 heterocycles. The molecule has 0 radical (unpaired) electrons. The lowest BCUT2D eigenvalue weighted by atomic mass is 10.2. The van der Waals surface area contributed by atoms with Crippen LogP contribution in [-0.4, -0.2) is 21.0 Å². The molecular weight excluding hydrogens is 234 g/mol. The Hall–Kier alpha value is -2.63. The monoisotopic (exact) mass is 245 g/mol. The van der Waals surface area contributed by atoms with E-state index in [9.17, 15) is 4.79 Å². The summed E-state index contributed by atoms with van der Waals surface area (Å²) in [5, 5.41) is 9.02. The van der Waals surface area contributed by atoms with Crippen molar-refractivity contribution in [3.63, 3.8) is 0 Å². The number of rotatable bonds is 4. The molecule has 0 amide bonds. The fourth-order valence-corrected chi connectivity index (χ4v) is 1.40. The third-order valence-electron chi connectivity index (χ3n) is 2.23. The van der Waals surface area contributed by atoms with Crippen molar-refractivity contribution in [1.29, 1.82) is 0 Å². The normalized spacial score (nSPS) is 10.0. The van der Waals surface area contributed by atoms with Gasteiger partial charge in [-0.2, -0.15) is 0 Å². The highest BCUT2D eigenvalue weighted by molar-refractivity contribution is 5.92. The number of hydrogen-bond donors (Lipinski definition) is 2. The van der Waals surface area contributed by atoms with E-state index in [1.165, 1.54) is 12.1 Å². The van der Waals surface area contributed by atoms with Gasteiger partial charge in [0, 0.05) is 18.1 Å². The molecule has 0 saturated heterocycles. The predicted octanol–water partition coefficient (Wildman–Crippen LogP) is 1.34. The number of aromatic nitrogens is 2. The van der Waals surface area contributed by atoms with Gasteiger partial charge >= 0.3 is 5.97 Å². The molecule has 6 heteroatoms. The topological polar surface area (TPSA) is 98.3 Å². The Morgan fingerprint density at radius 1 is 1.39 bits per heavy atom. The van der Waals surface area contributed by atoms with Crippen LogP contribution in [0.1, 0.15) is 16.1 Å². The Labute approximate surface area is 103 Å². The first-order chi connectivity index (χ1) is 8.66. The standard InChI is InChI=1S/C12H11N3O3/c13-8-1-2-11(10(5-8)12(16)17)18-7-9-6-14-3-4-15-9/h1-6H,7,13H2,(H,16,17). The Bertz CT molecular complexity index is 558. The summed E-state index contributed by atoms with van der Waals surface area (Å²) in [5.74, 6) is -0.834. The SMILES string of the molecule is Nc1ccc(OCc2cnccn2)c(C(=O)O)c1. The van der Waals surface area contributed by atoms with Crippen LogP contribution in [0.3, 0.4) is 0 Å². The highest BCUT2D eigenvalue weighted by Crippen LogP contribution is 2.22. The van der Waals surface area contributed by atoms with Gasteiger partial charge in [-0.25, -0.2) is 4.79 Å². The van der Waals surface area contributed by atoms with E-state index < -0.39 is 5.97 Å². The van der Waals surface area contributed by atoms with Crippen LogP contribution in [0, 0.1) is 0 Å². The lowest BCUT2D eigenvalue weighted by Gasteiger charge is -2.09. The summed E-state index contributed by atoms with van der Waals surface area (Å²) < 4.78 is 5.40. The van der Waals surface area contributed by atoms with Crippen molar-refractivity contribution in [2.75, 3.05) is 5.73 Å². The van der Waals surface area contributed by atoms with Crippen LogP contribution in [0.5, 0.6) is 5.75 Å². The van der Waals surface area contributed by atoms with E-state index in [1.807, 2.05) is 0 Å². The van der Waals surface area contributed by atoms with Crippen LogP contribution >= 0.6 is 0 Å².